The molecule has 0 bridgehead atoms. The highest BCUT2D eigenvalue weighted by molar-refractivity contribution is 7.90. The number of anilines is 1. The summed E-state index contributed by atoms with van der Waals surface area (Å²) in [6.45, 7) is 8.69. The van der Waals surface area contributed by atoms with Gasteiger partial charge in [0.2, 0.25) is 0 Å². The van der Waals surface area contributed by atoms with Crippen LogP contribution in [0.3, 0.4) is 0 Å². The molecule has 1 aliphatic rings. The number of nitrogens with one attached hydrogen (secondary N) is 2. The Morgan fingerprint density at radius 3 is 2.68 bits per heavy atom. The SMILES string of the molecule is CCOc1cccc(-c2ccc(C(=O)NS(=O)(=O)c3ccc[nH]c3=O)c(N3C[C@@H](C)CC3(C)C)n2)c1F.[HH]. The van der Waals surface area contributed by atoms with Crippen molar-refractivity contribution in [1.29, 1.82) is 0 Å². The van der Waals surface area contributed by atoms with Gasteiger partial charge in [-0.05, 0) is 69.5 Å². The first kappa shape index (κ1) is 26.3. The topological polar surface area (TPSA) is 121 Å². The van der Waals surface area contributed by atoms with E-state index in [-0.39, 0.29) is 42.3 Å². The number of rotatable bonds is 7. The number of H-pyrrole nitrogens is 1. The second-order valence-corrected chi connectivity index (χ2v) is 11.3. The number of aromatic nitrogens is 2. The fourth-order valence-corrected chi connectivity index (χ4v) is 5.79. The smallest absolute Gasteiger partial charge is 0.269 e. The summed E-state index contributed by atoms with van der Waals surface area (Å²) in [6, 6.07) is 10.1. The number of hydrogen-bond acceptors (Lipinski definition) is 7. The van der Waals surface area contributed by atoms with E-state index in [9.17, 15) is 18.0 Å². The highest BCUT2D eigenvalue weighted by atomic mass is 32.2. The van der Waals surface area contributed by atoms with Crippen LogP contribution < -0.4 is 19.9 Å². The van der Waals surface area contributed by atoms with Crippen LogP contribution in [0.5, 0.6) is 5.75 Å². The molecule has 1 aliphatic heterocycles. The van der Waals surface area contributed by atoms with Crippen molar-refractivity contribution in [3.05, 3.63) is 70.4 Å². The van der Waals surface area contributed by atoms with Crippen molar-refractivity contribution in [2.24, 2.45) is 5.92 Å². The van der Waals surface area contributed by atoms with Crippen molar-refractivity contribution in [1.82, 2.24) is 14.7 Å². The number of carbonyl (C=O) groups is 1. The molecule has 2 N–H and O–H groups in total. The summed E-state index contributed by atoms with van der Waals surface area (Å²) in [4.78, 5) is 33.6. The Balaban J connectivity index is 0.00000400. The zero-order valence-electron chi connectivity index (χ0n) is 21.0. The number of halogens is 1. The van der Waals surface area contributed by atoms with Crippen molar-refractivity contribution >= 4 is 21.7 Å². The van der Waals surface area contributed by atoms with E-state index in [1.54, 1.807) is 19.1 Å². The van der Waals surface area contributed by atoms with Crippen LogP contribution in [-0.4, -0.2) is 43.0 Å². The molecule has 0 radical (unpaired) electrons. The zero-order valence-corrected chi connectivity index (χ0v) is 21.9. The summed E-state index contributed by atoms with van der Waals surface area (Å²) in [6.07, 6.45) is 2.10. The fourth-order valence-electron chi connectivity index (χ4n) is 4.77. The van der Waals surface area contributed by atoms with Gasteiger partial charge in [0.25, 0.3) is 21.5 Å². The minimum absolute atomic E-state index is 0. The van der Waals surface area contributed by atoms with Gasteiger partial charge in [0, 0.05) is 25.3 Å². The molecule has 4 rings (SSSR count). The molecule has 1 atom stereocenters. The molecule has 0 spiro atoms. The van der Waals surface area contributed by atoms with Crippen molar-refractivity contribution in [3.63, 3.8) is 0 Å². The largest absolute Gasteiger partial charge is 0.491 e. The number of amides is 1. The lowest BCUT2D eigenvalue weighted by Crippen LogP contribution is -2.41. The molecule has 0 saturated carbocycles. The van der Waals surface area contributed by atoms with Gasteiger partial charge in [0.1, 0.15) is 5.82 Å². The van der Waals surface area contributed by atoms with Gasteiger partial charge in [-0.1, -0.05) is 13.0 Å². The molecule has 0 aliphatic carbocycles. The Bertz CT molecular complexity index is 1510. The van der Waals surface area contributed by atoms with E-state index >= 15 is 4.39 Å². The number of ether oxygens (including phenoxy) is 1. The molecular formula is C26H31FN4O5S. The number of hydrogen-bond donors (Lipinski definition) is 2. The first-order chi connectivity index (χ1) is 17.4. The normalized spacial score (nSPS) is 17.0. The minimum atomic E-state index is -4.47. The minimum Gasteiger partial charge on any atom is -0.491 e. The van der Waals surface area contributed by atoms with Crippen molar-refractivity contribution < 1.29 is 23.8 Å². The Morgan fingerprint density at radius 1 is 1.27 bits per heavy atom. The number of pyridine rings is 2. The number of aromatic amines is 1. The van der Waals surface area contributed by atoms with Gasteiger partial charge in [0.05, 0.1) is 17.9 Å². The van der Waals surface area contributed by atoms with Crippen LogP contribution in [-0.2, 0) is 10.0 Å². The zero-order chi connectivity index (χ0) is 27.0. The third-order valence-corrected chi connectivity index (χ3v) is 7.64. The fraction of sp³-hybridized carbons (Fsp3) is 0.346. The quantitative estimate of drug-likeness (QED) is 0.474. The monoisotopic (exact) mass is 530 g/mol. The molecule has 11 heteroatoms. The van der Waals surface area contributed by atoms with Crippen LogP contribution in [0.1, 0.15) is 45.9 Å². The summed E-state index contributed by atoms with van der Waals surface area (Å²) in [7, 11) is -4.47. The number of sulfonamides is 1. The average Bonchev–Trinajstić information content (AvgIpc) is 3.11. The molecule has 3 heterocycles. The van der Waals surface area contributed by atoms with E-state index in [1.165, 1.54) is 30.5 Å². The third kappa shape index (κ3) is 5.22. The summed E-state index contributed by atoms with van der Waals surface area (Å²) in [5.41, 5.74) is -0.809. The second-order valence-electron chi connectivity index (χ2n) is 9.65. The lowest BCUT2D eigenvalue weighted by atomic mass is 9.97. The molecule has 1 aromatic carbocycles. The Kier molecular flexibility index (Phi) is 7.09. The first-order valence-electron chi connectivity index (χ1n) is 11.9. The molecule has 198 valence electrons. The molecule has 0 unspecified atom stereocenters. The predicted octanol–water partition coefficient (Wildman–Crippen LogP) is 3.96. The van der Waals surface area contributed by atoms with Gasteiger partial charge in [-0.2, -0.15) is 0 Å². The van der Waals surface area contributed by atoms with Crippen LogP contribution in [0.2, 0.25) is 0 Å². The van der Waals surface area contributed by atoms with Crippen LogP contribution in [0, 0.1) is 11.7 Å². The van der Waals surface area contributed by atoms with E-state index in [4.69, 9.17) is 4.74 Å². The summed E-state index contributed by atoms with van der Waals surface area (Å²) in [5.74, 6) is -0.945. The first-order valence-corrected chi connectivity index (χ1v) is 13.4. The Morgan fingerprint density at radius 2 is 2.03 bits per heavy atom. The molecular weight excluding hydrogens is 499 g/mol. The molecule has 1 saturated heterocycles. The molecule has 1 fully saturated rings. The van der Waals surface area contributed by atoms with E-state index in [0.717, 1.165) is 12.5 Å². The highest BCUT2D eigenvalue weighted by Crippen LogP contribution is 2.39. The second kappa shape index (κ2) is 9.97. The molecule has 1 amide bonds. The lowest BCUT2D eigenvalue weighted by Gasteiger charge is -2.34. The van der Waals surface area contributed by atoms with Crippen molar-refractivity contribution in [2.75, 3.05) is 18.1 Å². The molecule has 37 heavy (non-hydrogen) atoms. The van der Waals surface area contributed by atoms with Crippen LogP contribution >= 0.6 is 0 Å². The van der Waals surface area contributed by atoms with Crippen LogP contribution in [0.25, 0.3) is 11.3 Å². The maximum atomic E-state index is 15.2. The summed E-state index contributed by atoms with van der Waals surface area (Å²) >= 11 is 0. The molecule has 9 nitrogen and oxygen atoms in total. The molecule has 2 aromatic heterocycles. The van der Waals surface area contributed by atoms with Gasteiger partial charge in [-0.3, -0.25) is 9.59 Å². The lowest BCUT2D eigenvalue weighted by molar-refractivity contribution is 0.0981. The van der Waals surface area contributed by atoms with Crippen molar-refractivity contribution in [3.8, 4) is 17.0 Å². The third-order valence-electron chi connectivity index (χ3n) is 6.29. The van der Waals surface area contributed by atoms with Gasteiger partial charge in [-0.15, -0.1) is 0 Å². The van der Waals surface area contributed by atoms with E-state index in [0.29, 0.717) is 6.54 Å². The van der Waals surface area contributed by atoms with Gasteiger partial charge >= 0.3 is 0 Å². The maximum Gasteiger partial charge on any atom is 0.269 e. The van der Waals surface area contributed by atoms with Crippen LogP contribution in [0.15, 0.2) is 58.4 Å². The maximum absolute atomic E-state index is 15.2. The predicted molar refractivity (Wildman–Crippen MR) is 140 cm³/mol. The Labute approximate surface area is 216 Å². The standard InChI is InChI=1S/C26H29FN4O5S.H2/c1-5-36-20-9-6-8-17(22(20)27)19-12-11-18(23(29-19)31-15-16(2)14-26(31,3)4)24(32)30-37(34,35)21-10-7-13-28-25(21)33;/h6-13,16H,5,14-15H2,1-4H3,(H,28,33)(H,30,32);1H/t16-;/m0./s1. The van der Waals surface area contributed by atoms with Gasteiger partial charge < -0.3 is 14.6 Å². The Hall–Kier alpha value is -3.73. The summed E-state index contributed by atoms with van der Waals surface area (Å²) in [5, 5.41) is 0. The van der Waals surface area contributed by atoms with Crippen molar-refractivity contribution in [2.45, 2.75) is 44.6 Å². The number of benzene rings is 1. The summed E-state index contributed by atoms with van der Waals surface area (Å²) < 4.78 is 48.2. The van der Waals surface area contributed by atoms with E-state index < -0.39 is 37.7 Å². The van der Waals surface area contributed by atoms with Gasteiger partial charge in [-0.25, -0.2) is 22.5 Å². The average molecular weight is 531 g/mol. The van der Waals surface area contributed by atoms with Crippen LogP contribution in [0.4, 0.5) is 10.2 Å². The molecule has 3 aromatic rings. The van der Waals surface area contributed by atoms with Gasteiger partial charge in [0.15, 0.2) is 16.5 Å². The number of nitrogens with zero attached hydrogens (tertiary/aromatic N) is 2. The van der Waals surface area contributed by atoms with E-state index in [1.807, 2.05) is 23.5 Å². The van der Waals surface area contributed by atoms with E-state index in [2.05, 4.69) is 16.9 Å². The highest BCUT2D eigenvalue weighted by Gasteiger charge is 2.39. The number of carbonyl (C=O) groups excluding carboxylic acids is 1.